The maximum absolute atomic E-state index is 12.0. The van der Waals surface area contributed by atoms with Crippen molar-refractivity contribution in [1.82, 2.24) is 5.32 Å². The van der Waals surface area contributed by atoms with Gasteiger partial charge in [0.2, 0.25) is 0 Å². The minimum absolute atomic E-state index is 0.223. The molecule has 1 rings (SSSR count). The van der Waals surface area contributed by atoms with Crippen LogP contribution in [0, 0.1) is 5.41 Å². The Morgan fingerprint density at radius 1 is 1.47 bits per heavy atom. The molecule has 0 aliphatic carbocycles. The fourth-order valence-electron chi connectivity index (χ4n) is 1.40. The number of hydrogen-bond acceptors (Lipinski definition) is 3. The maximum Gasteiger partial charge on any atom is 0.252 e. The van der Waals surface area contributed by atoms with Gasteiger partial charge in [0.15, 0.2) is 0 Å². The second-order valence-corrected chi connectivity index (χ2v) is 6.29. The third-order valence-electron chi connectivity index (χ3n) is 2.88. The summed E-state index contributed by atoms with van der Waals surface area (Å²) in [6.07, 6.45) is -0.589. The second-order valence-electron chi connectivity index (χ2n) is 5.44. The molecular formula is C14H20BrNO3. The van der Waals surface area contributed by atoms with Crippen LogP contribution >= 0.6 is 15.9 Å². The van der Waals surface area contributed by atoms with Gasteiger partial charge in [0.25, 0.3) is 5.91 Å². The lowest BCUT2D eigenvalue weighted by atomic mass is 9.89. The zero-order valence-electron chi connectivity index (χ0n) is 11.7. The molecule has 1 aromatic carbocycles. The summed E-state index contributed by atoms with van der Waals surface area (Å²) in [5, 5.41) is 12.6. The Labute approximate surface area is 122 Å². The van der Waals surface area contributed by atoms with Crippen molar-refractivity contribution < 1.29 is 14.6 Å². The second kappa shape index (κ2) is 6.39. The van der Waals surface area contributed by atoms with Crippen molar-refractivity contribution in [3.8, 4) is 5.75 Å². The van der Waals surface area contributed by atoms with E-state index in [4.69, 9.17) is 4.74 Å². The van der Waals surface area contributed by atoms with Crippen LogP contribution in [0.3, 0.4) is 0 Å². The molecule has 1 unspecified atom stereocenters. The van der Waals surface area contributed by atoms with Gasteiger partial charge in [-0.2, -0.15) is 0 Å². The zero-order chi connectivity index (χ0) is 14.6. The van der Waals surface area contributed by atoms with Gasteiger partial charge in [-0.1, -0.05) is 20.8 Å². The topological polar surface area (TPSA) is 58.6 Å². The van der Waals surface area contributed by atoms with Crippen molar-refractivity contribution in [2.75, 3.05) is 13.7 Å². The van der Waals surface area contributed by atoms with Gasteiger partial charge in [0.05, 0.1) is 18.8 Å². The standard InChI is InChI=1S/C14H20BrNO3/c1-14(2,3)12(17)8-16-13(18)10-6-5-9(19-4)7-11(10)15/h5-7,12,17H,8H2,1-4H3,(H,16,18). The van der Waals surface area contributed by atoms with Crippen LogP contribution < -0.4 is 10.1 Å². The molecule has 1 amide bonds. The monoisotopic (exact) mass is 329 g/mol. The number of aliphatic hydroxyl groups is 1. The molecule has 0 saturated heterocycles. The van der Waals surface area contributed by atoms with Gasteiger partial charge in [-0.3, -0.25) is 4.79 Å². The summed E-state index contributed by atoms with van der Waals surface area (Å²) in [4.78, 5) is 12.0. The number of aliphatic hydroxyl groups excluding tert-OH is 1. The molecule has 2 N–H and O–H groups in total. The summed E-state index contributed by atoms with van der Waals surface area (Å²) in [6, 6.07) is 5.14. The zero-order valence-corrected chi connectivity index (χ0v) is 13.2. The first-order chi connectivity index (χ1) is 8.75. The highest BCUT2D eigenvalue weighted by atomic mass is 79.9. The molecule has 5 heteroatoms. The molecule has 0 bridgehead atoms. The predicted octanol–water partition coefficient (Wildman–Crippen LogP) is 2.59. The molecule has 0 aliphatic rings. The van der Waals surface area contributed by atoms with Gasteiger partial charge in [0, 0.05) is 11.0 Å². The van der Waals surface area contributed by atoms with Crippen LogP contribution in [-0.2, 0) is 0 Å². The Bertz CT molecular complexity index is 454. The third kappa shape index (κ3) is 4.51. The summed E-state index contributed by atoms with van der Waals surface area (Å²) in [5.74, 6) is 0.455. The number of rotatable bonds is 4. The fraction of sp³-hybridized carbons (Fsp3) is 0.500. The number of nitrogens with one attached hydrogen (secondary N) is 1. The van der Waals surface area contributed by atoms with Gasteiger partial charge in [-0.15, -0.1) is 0 Å². The van der Waals surface area contributed by atoms with Gasteiger partial charge >= 0.3 is 0 Å². The summed E-state index contributed by atoms with van der Waals surface area (Å²) in [5.41, 5.74) is 0.256. The van der Waals surface area contributed by atoms with Crippen LogP contribution in [0.4, 0.5) is 0 Å². The van der Waals surface area contributed by atoms with Gasteiger partial charge in [0.1, 0.15) is 5.75 Å². The van der Waals surface area contributed by atoms with E-state index in [1.54, 1.807) is 25.3 Å². The maximum atomic E-state index is 12.0. The molecule has 0 saturated carbocycles. The van der Waals surface area contributed by atoms with Crippen LogP contribution in [0.2, 0.25) is 0 Å². The van der Waals surface area contributed by atoms with Crippen LogP contribution in [0.1, 0.15) is 31.1 Å². The summed E-state index contributed by atoms with van der Waals surface area (Å²) >= 11 is 3.33. The number of carbonyl (C=O) groups is 1. The van der Waals surface area contributed by atoms with E-state index >= 15 is 0 Å². The predicted molar refractivity (Wildman–Crippen MR) is 78.5 cm³/mol. The number of methoxy groups -OCH3 is 1. The lowest BCUT2D eigenvalue weighted by molar-refractivity contribution is 0.0586. The van der Waals surface area contributed by atoms with E-state index in [1.807, 2.05) is 20.8 Å². The first-order valence-corrected chi connectivity index (χ1v) is 6.85. The first kappa shape index (κ1) is 16.0. The number of hydrogen-bond donors (Lipinski definition) is 2. The summed E-state index contributed by atoms with van der Waals surface area (Å²) < 4.78 is 5.73. The van der Waals surface area contributed by atoms with E-state index in [0.29, 0.717) is 15.8 Å². The van der Waals surface area contributed by atoms with E-state index in [-0.39, 0.29) is 17.9 Å². The molecule has 1 aromatic rings. The van der Waals surface area contributed by atoms with Gasteiger partial charge < -0.3 is 15.2 Å². The summed E-state index contributed by atoms with van der Waals surface area (Å²) in [7, 11) is 1.57. The highest BCUT2D eigenvalue weighted by molar-refractivity contribution is 9.10. The normalized spacial score (nSPS) is 12.9. The van der Waals surface area contributed by atoms with Crippen molar-refractivity contribution >= 4 is 21.8 Å². The average molecular weight is 330 g/mol. The van der Waals surface area contributed by atoms with Crippen molar-refractivity contribution in [2.45, 2.75) is 26.9 Å². The van der Waals surface area contributed by atoms with E-state index in [2.05, 4.69) is 21.2 Å². The lowest BCUT2D eigenvalue weighted by Gasteiger charge is -2.25. The first-order valence-electron chi connectivity index (χ1n) is 6.05. The number of amides is 1. The molecular weight excluding hydrogens is 310 g/mol. The van der Waals surface area contributed by atoms with Crippen LogP contribution in [0.25, 0.3) is 0 Å². The van der Waals surface area contributed by atoms with Crippen LogP contribution in [-0.4, -0.2) is 30.8 Å². The molecule has 0 radical (unpaired) electrons. The molecule has 0 heterocycles. The van der Waals surface area contributed by atoms with Gasteiger partial charge in [-0.25, -0.2) is 0 Å². The largest absolute Gasteiger partial charge is 0.497 e. The molecule has 19 heavy (non-hydrogen) atoms. The van der Waals surface area contributed by atoms with E-state index < -0.39 is 6.10 Å². The Hall–Kier alpha value is -1.07. The highest BCUT2D eigenvalue weighted by Crippen LogP contribution is 2.23. The molecule has 0 fully saturated rings. The van der Waals surface area contributed by atoms with Crippen molar-refractivity contribution in [3.63, 3.8) is 0 Å². The Kier molecular flexibility index (Phi) is 5.38. The van der Waals surface area contributed by atoms with Crippen LogP contribution in [0.15, 0.2) is 22.7 Å². The quantitative estimate of drug-likeness (QED) is 0.892. The number of carbonyl (C=O) groups excluding carboxylic acids is 1. The van der Waals surface area contributed by atoms with Crippen LogP contribution in [0.5, 0.6) is 5.75 Å². The van der Waals surface area contributed by atoms with E-state index in [1.165, 1.54) is 0 Å². The molecule has 4 nitrogen and oxygen atoms in total. The molecule has 0 aromatic heterocycles. The van der Waals surface area contributed by atoms with Gasteiger partial charge in [-0.05, 0) is 39.5 Å². The Balaban J connectivity index is 2.69. The molecule has 0 spiro atoms. The fourth-order valence-corrected chi connectivity index (χ4v) is 1.94. The molecule has 1 atom stereocenters. The van der Waals surface area contributed by atoms with E-state index in [0.717, 1.165) is 0 Å². The molecule has 0 aliphatic heterocycles. The highest BCUT2D eigenvalue weighted by Gasteiger charge is 2.23. The summed E-state index contributed by atoms with van der Waals surface area (Å²) in [6.45, 7) is 5.99. The van der Waals surface area contributed by atoms with Crippen molar-refractivity contribution in [2.24, 2.45) is 5.41 Å². The third-order valence-corrected chi connectivity index (χ3v) is 3.53. The molecule has 106 valence electrons. The number of ether oxygens (including phenoxy) is 1. The number of halogens is 1. The lowest BCUT2D eigenvalue weighted by Crippen LogP contribution is -2.39. The Morgan fingerprint density at radius 3 is 2.58 bits per heavy atom. The minimum atomic E-state index is -0.589. The minimum Gasteiger partial charge on any atom is -0.497 e. The SMILES string of the molecule is COc1ccc(C(=O)NCC(O)C(C)(C)C)c(Br)c1. The van der Waals surface area contributed by atoms with Crippen molar-refractivity contribution in [3.05, 3.63) is 28.2 Å². The van der Waals surface area contributed by atoms with E-state index in [9.17, 15) is 9.90 Å². The number of benzene rings is 1. The Morgan fingerprint density at radius 2 is 2.11 bits per heavy atom. The smallest absolute Gasteiger partial charge is 0.252 e. The average Bonchev–Trinajstić information content (AvgIpc) is 2.34. The van der Waals surface area contributed by atoms with Crippen molar-refractivity contribution in [1.29, 1.82) is 0 Å².